The monoisotopic (exact) mass is 280 g/mol. The largest absolute Gasteiger partial charge is 0.481 e. The summed E-state index contributed by atoms with van der Waals surface area (Å²) in [6.07, 6.45) is 3.78. The highest BCUT2D eigenvalue weighted by atomic mass is 35.5. The molecule has 0 aliphatic heterocycles. The maximum Gasteiger partial charge on any atom is 0.303 e. The van der Waals surface area contributed by atoms with Crippen molar-refractivity contribution in [3.63, 3.8) is 0 Å². The van der Waals surface area contributed by atoms with Crippen molar-refractivity contribution >= 4 is 23.3 Å². The number of carbonyl (C=O) groups is 1. The second-order valence-corrected chi connectivity index (χ2v) is 4.67. The summed E-state index contributed by atoms with van der Waals surface area (Å²) in [6, 6.07) is 7.40. The van der Waals surface area contributed by atoms with Crippen molar-refractivity contribution < 1.29 is 9.90 Å². The first-order chi connectivity index (χ1) is 9.15. The van der Waals surface area contributed by atoms with Crippen LogP contribution in [-0.4, -0.2) is 17.6 Å². The minimum atomic E-state index is -0.740. The van der Waals surface area contributed by atoms with Crippen LogP contribution in [0.15, 0.2) is 18.2 Å². The van der Waals surface area contributed by atoms with Gasteiger partial charge in [0.15, 0.2) is 0 Å². The minimum absolute atomic E-state index is 0.236. The zero-order chi connectivity index (χ0) is 14.1. The highest BCUT2D eigenvalue weighted by Gasteiger charge is 2.05. The van der Waals surface area contributed by atoms with Gasteiger partial charge in [-0.1, -0.05) is 30.5 Å². The average molecular weight is 281 g/mol. The van der Waals surface area contributed by atoms with E-state index >= 15 is 0 Å². The van der Waals surface area contributed by atoms with E-state index in [9.17, 15) is 4.79 Å². The number of anilines is 1. The number of hydrogen-bond acceptors (Lipinski definition) is 3. The molecule has 0 saturated carbocycles. The Morgan fingerprint density at radius 1 is 1.32 bits per heavy atom. The summed E-state index contributed by atoms with van der Waals surface area (Å²) < 4.78 is 0. The van der Waals surface area contributed by atoms with Crippen LogP contribution in [-0.2, 0) is 4.79 Å². The first-order valence-corrected chi connectivity index (χ1v) is 6.67. The molecule has 0 amide bonds. The van der Waals surface area contributed by atoms with Crippen molar-refractivity contribution in [3.8, 4) is 6.07 Å². The van der Waals surface area contributed by atoms with Gasteiger partial charge in [0, 0.05) is 13.0 Å². The average Bonchev–Trinajstić information content (AvgIpc) is 2.37. The number of benzene rings is 1. The van der Waals surface area contributed by atoms with Gasteiger partial charge in [0.1, 0.15) is 6.07 Å². The number of unbranched alkanes of at least 4 members (excludes halogenated alkanes) is 3. The first-order valence-electron chi connectivity index (χ1n) is 6.29. The highest BCUT2D eigenvalue weighted by Crippen LogP contribution is 2.23. The van der Waals surface area contributed by atoms with E-state index in [0.717, 1.165) is 37.9 Å². The Kier molecular flexibility index (Phi) is 6.76. The van der Waals surface area contributed by atoms with E-state index in [-0.39, 0.29) is 6.42 Å². The molecule has 5 heteroatoms. The second kappa shape index (κ2) is 8.39. The van der Waals surface area contributed by atoms with E-state index in [1.165, 1.54) is 0 Å². The Hall–Kier alpha value is -1.73. The van der Waals surface area contributed by atoms with Crippen LogP contribution in [0.4, 0.5) is 5.69 Å². The lowest BCUT2D eigenvalue weighted by Gasteiger charge is -2.08. The van der Waals surface area contributed by atoms with E-state index < -0.39 is 5.97 Å². The van der Waals surface area contributed by atoms with Gasteiger partial charge in [-0.3, -0.25) is 4.79 Å². The van der Waals surface area contributed by atoms with Gasteiger partial charge in [-0.05, 0) is 25.0 Å². The van der Waals surface area contributed by atoms with Crippen molar-refractivity contribution in [2.45, 2.75) is 32.1 Å². The lowest BCUT2D eigenvalue weighted by molar-refractivity contribution is -0.137. The number of halogens is 1. The number of hydrogen-bond donors (Lipinski definition) is 2. The third kappa shape index (κ3) is 5.62. The molecule has 102 valence electrons. The molecule has 0 aromatic heterocycles. The predicted octanol–water partition coefficient (Wildman–Crippen LogP) is 3.66. The summed E-state index contributed by atoms with van der Waals surface area (Å²) in [5.74, 6) is -0.740. The van der Waals surface area contributed by atoms with Crippen molar-refractivity contribution in [1.29, 1.82) is 5.26 Å². The molecule has 1 aromatic rings. The summed E-state index contributed by atoms with van der Waals surface area (Å²) in [5.41, 5.74) is 1.22. The van der Waals surface area contributed by atoms with Gasteiger partial charge in [0.2, 0.25) is 0 Å². The number of nitrogens with zero attached hydrogens (tertiary/aromatic N) is 1. The molecule has 2 N–H and O–H groups in total. The molecule has 19 heavy (non-hydrogen) atoms. The van der Waals surface area contributed by atoms with Crippen molar-refractivity contribution in [1.82, 2.24) is 0 Å². The molecule has 0 fully saturated rings. The quantitative estimate of drug-likeness (QED) is 0.713. The topological polar surface area (TPSA) is 73.1 Å². The maximum atomic E-state index is 10.3. The van der Waals surface area contributed by atoms with Crippen LogP contribution < -0.4 is 5.32 Å². The van der Waals surface area contributed by atoms with Crippen molar-refractivity contribution in [2.24, 2.45) is 0 Å². The molecule has 0 bridgehead atoms. The van der Waals surface area contributed by atoms with E-state index in [1.807, 2.05) is 6.07 Å². The molecule has 0 aliphatic carbocycles. The minimum Gasteiger partial charge on any atom is -0.481 e. The van der Waals surface area contributed by atoms with Gasteiger partial charge in [-0.2, -0.15) is 5.26 Å². The van der Waals surface area contributed by atoms with Crippen molar-refractivity contribution in [3.05, 3.63) is 28.8 Å². The summed E-state index contributed by atoms with van der Waals surface area (Å²) in [6.45, 7) is 0.752. The molecule has 0 unspecified atom stereocenters. The summed E-state index contributed by atoms with van der Waals surface area (Å²) in [4.78, 5) is 10.3. The van der Waals surface area contributed by atoms with Crippen LogP contribution in [0, 0.1) is 11.3 Å². The standard InChI is InChI=1S/C14H17ClN2O2/c15-12-6-5-7-13(11(12)10-16)17-9-4-2-1-3-8-14(18)19/h5-7,17H,1-4,8-9H2,(H,18,19). The fourth-order valence-corrected chi connectivity index (χ4v) is 1.98. The fourth-order valence-electron chi connectivity index (χ4n) is 1.76. The Morgan fingerprint density at radius 3 is 2.74 bits per heavy atom. The molecule has 0 radical (unpaired) electrons. The lowest BCUT2D eigenvalue weighted by Crippen LogP contribution is -2.03. The zero-order valence-electron chi connectivity index (χ0n) is 10.7. The smallest absolute Gasteiger partial charge is 0.303 e. The van der Waals surface area contributed by atoms with E-state index in [1.54, 1.807) is 12.1 Å². The molecule has 0 aliphatic rings. The maximum absolute atomic E-state index is 10.3. The number of carboxylic acids is 1. The molecular weight excluding hydrogens is 264 g/mol. The second-order valence-electron chi connectivity index (χ2n) is 4.26. The third-order valence-electron chi connectivity index (χ3n) is 2.76. The van der Waals surface area contributed by atoms with Crippen molar-refractivity contribution in [2.75, 3.05) is 11.9 Å². The fraction of sp³-hybridized carbons (Fsp3) is 0.429. The van der Waals surface area contributed by atoms with Crippen LogP contribution in [0.25, 0.3) is 0 Å². The third-order valence-corrected chi connectivity index (χ3v) is 3.07. The Morgan fingerprint density at radius 2 is 2.05 bits per heavy atom. The van der Waals surface area contributed by atoms with Crippen LogP contribution in [0.2, 0.25) is 5.02 Å². The van der Waals surface area contributed by atoms with Gasteiger partial charge >= 0.3 is 5.97 Å². The predicted molar refractivity (Wildman–Crippen MR) is 75.4 cm³/mol. The Balaban J connectivity index is 2.25. The summed E-state index contributed by atoms with van der Waals surface area (Å²) >= 11 is 5.92. The normalized spacial score (nSPS) is 9.89. The van der Waals surface area contributed by atoms with E-state index in [2.05, 4.69) is 11.4 Å². The number of nitrogens with one attached hydrogen (secondary N) is 1. The number of carboxylic acid groups (broad SMARTS) is 1. The molecule has 0 spiro atoms. The number of rotatable bonds is 8. The Labute approximate surface area is 118 Å². The number of nitriles is 1. The molecule has 1 rings (SSSR count). The lowest BCUT2D eigenvalue weighted by atomic mass is 10.1. The molecule has 0 heterocycles. The molecule has 4 nitrogen and oxygen atoms in total. The van der Waals surface area contributed by atoms with Gasteiger partial charge < -0.3 is 10.4 Å². The molecule has 0 atom stereocenters. The van der Waals surface area contributed by atoms with E-state index in [0.29, 0.717) is 10.6 Å². The highest BCUT2D eigenvalue weighted by molar-refractivity contribution is 6.32. The van der Waals surface area contributed by atoms with Crippen LogP contribution in [0.3, 0.4) is 0 Å². The zero-order valence-corrected chi connectivity index (χ0v) is 11.4. The SMILES string of the molecule is N#Cc1c(Cl)cccc1NCCCCCCC(=O)O. The van der Waals surface area contributed by atoms with Gasteiger partial charge in [-0.15, -0.1) is 0 Å². The number of aliphatic carboxylic acids is 1. The van der Waals surface area contributed by atoms with Crippen LogP contribution in [0.1, 0.15) is 37.7 Å². The van der Waals surface area contributed by atoms with Crippen LogP contribution in [0.5, 0.6) is 0 Å². The molecule has 0 saturated heterocycles. The van der Waals surface area contributed by atoms with Gasteiger partial charge in [0.05, 0.1) is 16.3 Å². The Bertz CT molecular complexity index is 469. The summed E-state index contributed by atoms with van der Waals surface area (Å²) in [5, 5.41) is 21.1. The van der Waals surface area contributed by atoms with Gasteiger partial charge in [0.25, 0.3) is 0 Å². The van der Waals surface area contributed by atoms with Gasteiger partial charge in [-0.25, -0.2) is 0 Å². The summed E-state index contributed by atoms with van der Waals surface area (Å²) in [7, 11) is 0. The molecular formula is C14H17ClN2O2. The first kappa shape index (κ1) is 15.3. The molecule has 1 aromatic carbocycles. The van der Waals surface area contributed by atoms with Crippen LogP contribution >= 0.6 is 11.6 Å². The van der Waals surface area contributed by atoms with E-state index in [4.69, 9.17) is 22.0 Å².